The monoisotopic (exact) mass is 234 g/mol. The predicted octanol–water partition coefficient (Wildman–Crippen LogP) is 2.57. The third-order valence-corrected chi connectivity index (χ3v) is 2.78. The van der Waals surface area contributed by atoms with Crippen LogP contribution >= 0.6 is 11.3 Å². The Balaban J connectivity index is 2.73. The van der Waals surface area contributed by atoms with Crippen molar-refractivity contribution >= 4 is 23.3 Å². The quantitative estimate of drug-likeness (QED) is 0.817. The molecule has 16 heavy (non-hydrogen) atoms. The van der Waals surface area contributed by atoms with Crippen LogP contribution < -0.4 is 5.32 Å². The number of carbonyl (C=O) groups is 1. The number of nitrogens with zero attached hydrogens (tertiary/aromatic N) is 1. The molecule has 0 aliphatic heterocycles. The minimum Gasteiger partial charge on any atom is -0.334 e. The van der Waals surface area contributed by atoms with Gasteiger partial charge in [0.15, 0.2) is 0 Å². The van der Waals surface area contributed by atoms with Gasteiger partial charge in [-0.05, 0) is 38.3 Å². The average molecular weight is 234 g/mol. The molecule has 4 heteroatoms. The molecule has 1 N–H and O–H groups in total. The topological polar surface area (TPSA) is 52.9 Å². The highest BCUT2D eigenvalue weighted by Crippen LogP contribution is 2.13. The molecule has 0 aliphatic carbocycles. The summed E-state index contributed by atoms with van der Waals surface area (Å²) in [6.07, 6.45) is 1.81. The van der Waals surface area contributed by atoms with Crippen LogP contribution in [0.2, 0.25) is 0 Å². The van der Waals surface area contributed by atoms with Gasteiger partial charge in [-0.2, -0.15) is 5.26 Å². The molecule has 0 unspecified atom stereocenters. The van der Waals surface area contributed by atoms with E-state index in [1.807, 2.05) is 29.7 Å². The molecule has 3 nitrogen and oxygen atoms in total. The summed E-state index contributed by atoms with van der Waals surface area (Å²) in [6.45, 7) is 5.08. The van der Waals surface area contributed by atoms with Crippen molar-refractivity contribution in [3.63, 3.8) is 0 Å². The molecule has 0 saturated carbocycles. The first kappa shape index (κ1) is 12.5. The molecule has 1 rings (SSSR count). The maximum atomic E-state index is 11.7. The zero-order valence-electron chi connectivity index (χ0n) is 9.57. The first-order chi connectivity index (χ1) is 7.44. The fourth-order valence-electron chi connectivity index (χ4n) is 1.06. The Hall–Kier alpha value is -1.60. The summed E-state index contributed by atoms with van der Waals surface area (Å²) in [6, 6.07) is 5.90. The normalized spacial score (nSPS) is 12.0. The molecule has 0 radical (unpaired) electrons. The Morgan fingerprint density at radius 2 is 2.31 bits per heavy atom. The number of nitriles is 1. The van der Waals surface area contributed by atoms with Crippen molar-refractivity contribution in [2.75, 3.05) is 0 Å². The molecule has 0 spiro atoms. The maximum absolute atomic E-state index is 11.7. The van der Waals surface area contributed by atoms with E-state index in [4.69, 9.17) is 5.26 Å². The highest BCUT2D eigenvalue weighted by molar-refractivity contribution is 7.10. The Morgan fingerprint density at radius 3 is 2.81 bits per heavy atom. The summed E-state index contributed by atoms with van der Waals surface area (Å²) < 4.78 is 0. The van der Waals surface area contributed by atoms with Gasteiger partial charge in [0.2, 0.25) is 5.91 Å². The fourth-order valence-corrected chi connectivity index (χ4v) is 1.78. The number of hydrogen-bond acceptors (Lipinski definition) is 3. The molecule has 84 valence electrons. The van der Waals surface area contributed by atoms with Crippen LogP contribution in [0.1, 0.15) is 25.6 Å². The van der Waals surface area contributed by atoms with Gasteiger partial charge >= 0.3 is 0 Å². The van der Waals surface area contributed by atoms with Crippen LogP contribution in [-0.4, -0.2) is 11.4 Å². The summed E-state index contributed by atoms with van der Waals surface area (Å²) >= 11 is 1.57. The van der Waals surface area contributed by atoms with Crippen molar-refractivity contribution in [1.29, 1.82) is 5.26 Å². The molecule has 1 heterocycles. The predicted molar refractivity (Wildman–Crippen MR) is 65.8 cm³/mol. The fraction of sp³-hybridized carbons (Fsp3) is 0.333. The highest BCUT2D eigenvalue weighted by atomic mass is 32.1. The van der Waals surface area contributed by atoms with Crippen molar-refractivity contribution in [3.05, 3.63) is 28.0 Å². The van der Waals surface area contributed by atoms with Gasteiger partial charge in [-0.3, -0.25) is 4.79 Å². The van der Waals surface area contributed by atoms with Crippen LogP contribution in [0.4, 0.5) is 0 Å². The van der Waals surface area contributed by atoms with Crippen LogP contribution in [0.3, 0.4) is 0 Å². The SMILES string of the molecule is C/C(=C\c1cccs1)C(=O)NC(C)(C)C#N. The highest BCUT2D eigenvalue weighted by Gasteiger charge is 2.19. The van der Waals surface area contributed by atoms with Crippen molar-refractivity contribution < 1.29 is 4.79 Å². The van der Waals surface area contributed by atoms with Crippen molar-refractivity contribution in [2.24, 2.45) is 0 Å². The minimum atomic E-state index is -0.832. The molecule has 0 bridgehead atoms. The third-order valence-electron chi connectivity index (χ3n) is 1.97. The first-order valence-electron chi connectivity index (χ1n) is 4.90. The third kappa shape index (κ3) is 3.52. The molecular formula is C12H14N2OS. The van der Waals surface area contributed by atoms with E-state index in [1.54, 1.807) is 32.1 Å². The lowest BCUT2D eigenvalue weighted by molar-refractivity contribution is -0.118. The van der Waals surface area contributed by atoms with E-state index in [2.05, 4.69) is 5.32 Å². The zero-order valence-corrected chi connectivity index (χ0v) is 10.4. The van der Waals surface area contributed by atoms with Gasteiger partial charge in [0.25, 0.3) is 0 Å². The van der Waals surface area contributed by atoms with Crippen molar-refractivity contribution in [3.8, 4) is 6.07 Å². The molecule has 1 amide bonds. The summed E-state index contributed by atoms with van der Waals surface area (Å²) in [7, 11) is 0. The van der Waals surface area contributed by atoms with E-state index in [9.17, 15) is 4.79 Å². The van der Waals surface area contributed by atoms with Gasteiger partial charge in [0.05, 0.1) is 6.07 Å². The Morgan fingerprint density at radius 1 is 1.62 bits per heavy atom. The molecule has 0 aliphatic rings. The van der Waals surface area contributed by atoms with Crippen LogP contribution in [0.25, 0.3) is 6.08 Å². The Kier molecular flexibility index (Phi) is 3.86. The van der Waals surface area contributed by atoms with Gasteiger partial charge in [0, 0.05) is 10.5 Å². The molecule has 0 atom stereocenters. The first-order valence-corrected chi connectivity index (χ1v) is 5.78. The second-order valence-electron chi connectivity index (χ2n) is 4.03. The summed E-state index contributed by atoms with van der Waals surface area (Å²) in [5.41, 5.74) is -0.229. The Labute approximate surface area is 99.4 Å². The smallest absolute Gasteiger partial charge is 0.248 e. The number of nitrogens with one attached hydrogen (secondary N) is 1. The standard InChI is InChI=1S/C12H14N2OS/c1-9(7-10-5-4-6-16-10)11(15)14-12(2,3)8-13/h4-7H,1-3H3,(H,14,15)/b9-7+. The van der Waals surface area contributed by atoms with E-state index in [0.29, 0.717) is 5.57 Å². The van der Waals surface area contributed by atoms with Gasteiger partial charge in [-0.1, -0.05) is 6.07 Å². The number of amides is 1. The van der Waals surface area contributed by atoms with Crippen LogP contribution in [0.15, 0.2) is 23.1 Å². The average Bonchev–Trinajstić information content (AvgIpc) is 2.69. The van der Waals surface area contributed by atoms with E-state index in [-0.39, 0.29) is 5.91 Å². The zero-order chi connectivity index (χ0) is 12.2. The number of hydrogen-bond donors (Lipinski definition) is 1. The second kappa shape index (κ2) is 4.95. The lowest BCUT2D eigenvalue weighted by Crippen LogP contribution is -2.42. The molecule has 0 saturated heterocycles. The van der Waals surface area contributed by atoms with Crippen molar-refractivity contribution in [2.45, 2.75) is 26.3 Å². The molecule has 1 aromatic rings. The van der Waals surface area contributed by atoms with Gasteiger partial charge in [-0.25, -0.2) is 0 Å². The molecule has 1 aromatic heterocycles. The lowest BCUT2D eigenvalue weighted by Gasteiger charge is -2.17. The summed E-state index contributed by atoms with van der Waals surface area (Å²) in [4.78, 5) is 12.7. The molecule has 0 aromatic carbocycles. The molecule has 0 fully saturated rings. The number of thiophene rings is 1. The van der Waals surface area contributed by atoms with E-state index in [0.717, 1.165) is 4.88 Å². The summed E-state index contributed by atoms with van der Waals surface area (Å²) in [5.74, 6) is -0.208. The summed E-state index contributed by atoms with van der Waals surface area (Å²) in [5, 5.41) is 13.4. The van der Waals surface area contributed by atoms with Crippen LogP contribution in [0.5, 0.6) is 0 Å². The Bertz CT molecular complexity index is 438. The minimum absolute atomic E-state index is 0.208. The van der Waals surface area contributed by atoms with Crippen LogP contribution in [-0.2, 0) is 4.79 Å². The van der Waals surface area contributed by atoms with E-state index < -0.39 is 5.54 Å². The lowest BCUT2D eigenvalue weighted by atomic mass is 10.1. The van der Waals surface area contributed by atoms with Crippen molar-refractivity contribution in [1.82, 2.24) is 5.32 Å². The second-order valence-corrected chi connectivity index (χ2v) is 5.01. The maximum Gasteiger partial charge on any atom is 0.248 e. The number of rotatable bonds is 3. The van der Waals surface area contributed by atoms with Gasteiger partial charge in [-0.15, -0.1) is 11.3 Å². The van der Waals surface area contributed by atoms with Crippen LogP contribution in [0, 0.1) is 11.3 Å². The van der Waals surface area contributed by atoms with E-state index in [1.165, 1.54) is 0 Å². The largest absolute Gasteiger partial charge is 0.334 e. The van der Waals surface area contributed by atoms with Gasteiger partial charge in [0.1, 0.15) is 5.54 Å². The van der Waals surface area contributed by atoms with E-state index >= 15 is 0 Å². The van der Waals surface area contributed by atoms with Gasteiger partial charge < -0.3 is 5.32 Å². The molecular weight excluding hydrogens is 220 g/mol. The number of carbonyl (C=O) groups excluding carboxylic acids is 1.